The molecule has 13 heteroatoms. The van der Waals surface area contributed by atoms with E-state index in [1.807, 2.05) is 6.07 Å². The molecule has 0 saturated carbocycles. The molecule has 192 valence electrons. The Balaban J connectivity index is 0.000000429. The molecule has 0 amide bonds. The number of piperidine rings is 1. The van der Waals surface area contributed by atoms with Gasteiger partial charge >= 0.3 is 12.1 Å². The second kappa shape index (κ2) is 12.1. The second-order valence-corrected chi connectivity index (χ2v) is 7.96. The molecule has 2 saturated heterocycles. The van der Waals surface area contributed by atoms with Crippen LogP contribution in [0.15, 0.2) is 30.5 Å². The van der Waals surface area contributed by atoms with E-state index in [0.29, 0.717) is 30.8 Å². The lowest BCUT2D eigenvalue weighted by Gasteiger charge is -2.30. The highest BCUT2D eigenvalue weighted by molar-refractivity contribution is 5.73. The zero-order valence-corrected chi connectivity index (χ0v) is 18.7. The Labute approximate surface area is 198 Å². The van der Waals surface area contributed by atoms with Gasteiger partial charge in [0.25, 0.3) is 6.43 Å². The number of nitrogens with zero attached hydrogens (tertiary/aromatic N) is 3. The molecule has 4 rings (SSSR count). The minimum atomic E-state index is -5.08. The molecule has 35 heavy (non-hydrogen) atoms. The molecule has 0 atom stereocenters. The van der Waals surface area contributed by atoms with E-state index in [-0.39, 0.29) is 5.56 Å². The van der Waals surface area contributed by atoms with E-state index in [9.17, 15) is 22.0 Å². The number of carboxylic acid groups (broad SMARTS) is 1. The number of rotatable bonds is 5. The van der Waals surface area contributed by atoms with Gasteiger partial charge in [-0.1, -0.05) is 0 Å². The van der Waals surface area contributed by atoms with Crippen LogP contribution in [0, 0.1) is 0 Å². The van der Waals surface area contributed by atoms with Crippen LogP contribution in [0.25, 0.3) is 0 Å². The number of morpholine rings is 1. The maximum Gasteiger partial charge on any atom is 0.490 e. The lowest BCUT2D eigenvalue weighted by Crippen LogP contribution is -2.36. The van der Waals surface area contributed by atoms with Crippen LogP contribution in [0.2, 0.25) is 0 Å². The molecular weight excluding hydrogens is 477 g/mol. The van der Waals surface area contributed by atoms with Crippen molar-refractivity contribution in [3.8, 4) is 0 Å². The Morgan fingerprint density at radius 1 is 1.14 bits per heavy atom. The molecule has 2 fully saturated rings. The van der Waals surface area contributed by atoms with Crippen LogP contribution in [0.1, 0.15) is 36.4 Å². The summed E-state index contributed by atoms with van der Waals surface area (Å²) in [6.45, 7) is 5.10. The van der Waals surface area contributed by atoms with Crippen LogP contribution in [-0.2, 0) is 9.53 Å². The fourth-order valence-corrected chi connectivity index (χ4v) is 3.67. The predicted molar refractivity (Wildman–Crippen MR) is 118 cm³/mol. The van der Waals surface area contributed by atoms with Crippen molar-refractivity contribution in [1.82, 2.24) is 15.3 Å². The maximum absolute atomic E-state index is 12.7. The number of pyridine rings is 2. The first-order chi connectivity index (χ1) is 16.6. The summed E-state index contributed by atoms with van der Waals surface area (Å²) in [7, 11) is 0. The van der Waals surface area contributed by atoms with E-state index < -0.39 is 18.6 Å². The van der Waals surface area contributed by atoms with Crippen molar-refractivity contribution in [3.05, 3.63) is 41.7 Å². The number of halogens is 5. The van der Waals surface area contributed by atoms with Gasteiger partial charge in [-0.15, -0.1) is 0 Å². The Bertz CT molecular complexity index is 927. The van der Waals surface area contributed by atoms with Crippen LogP contribution in [0.4, 0.5) is 39.3 Å². The van der Waals surface area contributed by atoms with Crippen LogP contribution in [-0.4, -0.2) is 66.6 Å². The largest absolute Gasteiger partial charge is 0.490 e. The van der Waals surface area contributed by atoms with E-state index in [4.69, 9.17) is 19.6 Å². The normalized spacial score (nSPS) is 17.0. The summed E-state index contributed by atoms with van der Waals surface area (Å²) in [5, 5.41) is 13.7. The Kier molecular flexibility index (Phi) is 9.15. The summed E-state index contributed by atoms with van der Waals surface area (Å²) in [6.07, 6.45) is -4.29. The first-order valence-electron chi connectivity index (χ1n) is 11.0. The smallest absolute Gasteiger partial charge is 0.475 e. The van der Waals surface area contributed by atoms with Crippen LogP contribution >= 0.6 is 0 Å². The summed E-state index contributed by atoms with van der Waals surface area (Å²) in [5.74, 6) is -1.15. The van der Waals surface area contributed by atoms with Crippen molar-refractivity contribution in [2.75, 3.05) is 49.6 Å². The molecule has 0 radical (unpaired) electrons. The van der Waals surface area contributed by atoms with Crippen molar-refractivity contribution >= 4 is 23.3 Å². The lowest BCUT2D eigenvalue weighted by atomic mass is 9.94. The van der Waals surface area contributed by atoms with Crippen LogP contribution in [0.3, 0.4) is 0 Å². The number of alkyl halides is 5. The molecule has 0 spiro atoms. The third-order valence-electron chi connectivity index (χ3n) is 5.50. The minimum absolute atomic E-state index is 0.0871. The molecule has 2 aliphatic heterocycles. The summed E-state index contributed by atoms with van der Waals surface area (Å²) >= 11 is 0. The van der Waals surface area contributed by atoms with Gasteiger partial charge < -0.3 is 25.4 Å². The molecule has 2 aromatic rings. The first kappa shape index (κ1) is 26.5. The van der Waals surface area contributed by atoms with Gasteiger partial charge in [-0.25, -0.2) is 23.5 Å². The van der Waals surface area contributed by atoms with E-state index in [1.54, 1.807) is 6.07 Å². The molecule has 3 N–H and O–H groups in total. The standard InChI is InChI=1S/C20H25F2N5O.C2HF3O2/c21-20(22)15-1-2-18(24-13-15)26-19-12-16(27-7-9-28-10-8-27)11-17(25-19)14-3-5-23-6-4-14;3-2(4,5)1(6)7/h1-2,11-14,20,23H,3-10H2,(H,24,25,26);(H,6,7). The van der Waals surface area contributed by atoms with Crippen LogP contribution in [0.5, 0.6) is 0 Å². The molecule has 2 aromatic heterocycles. The SMILES string of the molecule is FC(F)c1ccc(Nc2cc(N3CCOCC3)cc(C3CCNCC3)n2)nc1.O=C(O)C(F)(F)F. The van der Waals surface area contributed by atoms with Crippen molar-refractivity contribution in [2.24, 2.45) is 0 Å². The topological polar surface area (TPSA) is 99.6 Å². The second-order valence-electron chi connectivity index (χ2n) is 7.96. The number of nitrogens with one attached hydrogen (secondary N) is 2. The predicted octanol–water partition coefficient (Wildman–Crippen LogP) is 4.09. The fraction of sp³-hybridized carbons (Fsp3) is 0.500. The minimum Gasteiger partial charge on any atom is -0.475 e. The third-order valence-corrected chi connectivity index (χ3v) is 5.50. The molecule has 4 heterocycles. The molecule has 8 nitrogen and oxygen atoms in total. The molecule has 0 bridgehead atoms. The maximum atomic E-state index is 12.7. The quantitative estimate of drug-likeness (QED) is 0.525. The third kappa shape index (κ3) is 7.99. The van der Waals surface area contributed by atoms with E-state index in [0.717, 1.165) is 50.4 Å². The highest BCUT2D eigenvalue weighted by atomic mass is 19.4. The van der Waals surface area contributed by atoms with Gasteiger partial charge in [-0.05, 0) is 44.1 Å². The van der Waals surface area contributed by atoms with Gasteiger partial charge in [0.05, 0.1) is 13.2 Å². The van der Waals surface area contributed by atoms with E-state index >= 15 is 0 Å². The Morgan fingerprint density at radius 2 is 1.80 bits per heavy atom. The zero-order chi connectivity index (χ0) is 25.4. The summed E-state index contributed by atoms with van der Waals surface area (Å²) in [6, 6.07) is 7.13. The molecular formula is C22H26F5N5O3. The highest BCUT2D eigenvalue weighted by Crippen LogP contribution is 2.30. The van der Waals surface area contributed by atoms with Gasteiger partial charge in [-0.3, -0.25) is 0 Å². The van der Waals surface area contributed by atoms with E-state index in [1.165, 1.54) is 12.3 Å². The fourth-order valence-electron chi connectivity index (χ4n) is 3.67. The first-order valence-corrected chi connectivity index (χ1v) is 11.0. The summed E-state index contributed by atoms with van der Waals surface area (Å²) in [4.78, 5) is 20.1. The van der Waals surface area contributed by atoms with Gasteiger partial charge in [0.1, 0.15) is 11.6 Å². The van der Waals surface area contributed by atoms with Crippen molar-refractivity contribution in [2.45, 2.75) is 31.4 Å². The number of anilines is 3. The average molecular weight is 503 g/mol. The van der Waals surface area contributed by atoms with Crippen molar-refractivity contribution in [1.29, 1.82) is 0 Å². The molecule has 0 aliphatic carbocycles. The van der Waals surface area contributed by atoms with Gasteiger partial charge in [0, 0.05) is 48.2 Å². The Hall–Kier alpha value is -3.06. The number of aliphatic carboxylic acids is 1. The molecule has 0 aromatic carbocycles. The lowest BCUT2D eigenvalue weighted by molar-refractivity contribution is -0.192. The Morgan fingerprint density at radius 3 is 2.34 bits per heavy atom. The molecule has 0 unspecified atom stereocenters. The molecule has 2 aliphatic rings. The number of hydrogen-bond acceptors (Lipinski definition) is 7. The number of aromatic nitrogens is 2. The van der Waals surface area contributed by atoms with E-state index in [2.05, 4.69) is 26.6 Å². The number of hydrogen-bond donors (Lipinski definition) is 3. The number of carboxylic acids is 1. The van der Waals surface area contributed by atoms with Crippen molar-refractivity contribution in [3.63, 3.8) is 0 Å². The van der Waals surface area contributed by atoms with Gasteiger partial charge in [0.2, 0.25) is 0 Å². The number of carbonyl (C=O) groups is 1. The van der Waals surface area contributed by atoms with Crippen molar-refractivity contribution < 1.29 is 36.6 Å². The average Bonchev–Trinajstić information content (AvgIpc) is 2.85. The van der Waals surface area contributed by atoms with Crippen LogP contribution < -0.4 is 15.5 Å². The summed E-state index contributed by atoms with van der Waals surface area (Å²) < 4.78 is 62.7. The monoisotopic (exact) mass is 503 g/mol. The zero-order valence-electron chi connectivity index (χ0n) is 18.7. The van der Waals surface area contributed by atoms with Gasteiger partial charge in [-0.2, -0.15) is 13.2 Å². The van der Waals surface area contributed by atoms with Gasteiger partial charge in [0.15, 0.2) is 0 Å². The number of ether oxygens (including phenoxy) is 1. The highest BCUT2D eigenvalue weighted by Gasteiger charge is 2.38. The summed E-state index contributed by atoms with van der Waals surface area (Å²) in [5.41, 5.74) is 2.09.